The van der Waals surface area contributed by atoms with Crippen molar-refractivity contribution >= 4 is 21.9 Å². The van der Waals surface area contributed by atoms with E-state index < -0.39 is 21.9 Å². The molecule has 0 heterocycles. The van der Waals surface area contributed by atoms with Crippen molar-refractivity contribution in [2.24, 2.45) is 0 Å². The summed E-state index contributed by atoms with van der Waals surface area (Å²) in [5.41, 5.74) is 0. The Balaban J connectivity index is 0. The van der Waals surface area contributed by atoms with Crippen LogP contribution < -0.4 is 4.72 Å². The third-order valence-corrected chi connectivity index (χ3v) is 1.52. The first-order chi connectivity index (χ1) is 6.22. The maximum absolute atomic E-state index is 10.3. The SMILES string of the molecule is CCC(=O)NS(C)(=O)=O.CCC(=O)O. The smallest absolute Gasteiger partial charge is 0.303 e. The number of rotatable bonds is 3. The highest BCUT2D eigenvalue weighted by atomic mass is 32.2. The summed E-state index contributed by atoms with van der Waals surface area (Å²) in [6.07, 6.45) is 1.35. The fourth-order valence-electron chi connectivity index (χ4n) is 0.279. The van der Waals surface area contributed by atoms with Crippen LogP contribution in [0.25, 0.3) is 0 Å². The van der Waals surface area contributed by atoms with E-state index in [0.29, 0.717) is 0 Å². The molecule has 0 unspecified atom stereocenters. The van der Waals surface area contributed by atoms with Crippen molar-refractivity contribution in [1.29, 1.82) is 0 Å². The lowest BCUT2D eigenvalue weighted by Gasteiger charge is -1.96. The molecular weight excluding hydrogens is 210 g/mol. The Kier molecular flexibility index (Phi) is 8.02. The van der Waals surface area contributed by atoms with Crippen LogP contribution in [-0.2, 0) is 19.6 Å². The summed E-state index contributed by atoms with van der Waals surface area (Å²) in [6.45, 7) is 3.18. The Morgan fingerprint density at radius 1 is 1.21 bits per heavy atom. The van der Waals surface area contributed by atoms with E-state index in [-0.39, 0.29) is 12.8 Å². The van der Waals surface area contributed by atoms with Crippen LogP contribution in [-0.4, -0.2) is 31.7 Å². The van der Waals surface area contributed by atoms with Crippen molar-refractivity contribution in [2.45, 2.75) is 26.7 Å². The van der Waals surface area contributed by atoms with Crippen LogP contribution in [0.15, 0.2) is 0 Å². The number of carboxylic acids is 1. The van der Waals surface area contributed by atoms with Gasteiger partial charge in [0.25, 0.3) is 0 Å². The number of sulfonamides is 1. The number of hydrogen-bond donors (Lipinski definition) is 2. The van der Waals surface area contributed by atoms with Crippen LogP contribution in [0.4, 0.5) is 0 Å². The molecule has 0 aliphatic heterocycles. The summed E-state index contributed by atoms with van der Waals surface area (Å²) in [7, 11) is -3.33. The Bertz CT molecular complexity index is 282. The van der Waals surface area contributed by atoms with Crippen LogP contribution in [0.5, 0.6) is 0 Å². The van der Waals surface area contributed by atoms with Crippen molar-refractivity contribution in [2.75, 3.05) is 6.26 Å². The fraction of sp³-hybridized carbons (Fsp3) is 0.714. The average molecular weight is 225 g/mol. The Labute approximate surface area is 83.4 Å². The predicted molar refractivity (Wildman–Crippen MR) is 51.2 cm³/mol. The number of hydrogen-bond acceptors (Lipinski definition) is 4. The van der Waals surface area contributed by atoms with Gasteiger partial charge < -0.3 is 5.11 Å². The zero-order valence-corrected chi connectivity index (χ0v) is 9.22. The van der Waals surface area contributed by atoms with E-state index in [4.69, 9.17) is 5.11 Å². The molecule has 0 aliphatic rings. The molecule has 0 aliphatic carbocycles. The zero-order valence-electron chi connectivity index (χ0n) is 8.40. The first-order valence-corrected chi connectivity index (χ1v) is 5.84. The van der Waals surface area contributed by atoms with Gasteiger partial charge in [0.1, 0.15) is 0 Å². The molecule has 1 amide bonds. The molecule has 0 atom stereocenters. The molecule has 84 valence electrons. The van der Waals surface area contributed by atoms with Crippen LogP contribution >= 0.6 is 0 Å². The van der Waals surface area contributed by atoms with Gasteiger partial charge in [-0.1, -0.05) is 13.8 Å². The zero-order chi connectivity index (χ0) is 11.8. The normalized spacial score (nSPS) is 9.64. The molecule has 0 spiro atoms. The van der Waals surface area contributed by atoms with Crippen molar-refractivity contribution in [3.05, 3.63) is 0 Å². The number of amides is 1. The molecule has 0 aromatic rings. The highest BCUT2D eigenvalue weighted by molar-refractivity contribution is 7.89. The lowest BCUT2D eigenvalue weighted by molar-refractivity contribution is -0.136. The molecule has 0 radical (unpaired) electrons. The predicted octanol–water partition coefficient (Wildman–Crippen LogP) is -0.0468. The number of carbonyl (C=O) groups is 2. The quantitative estimate of drug-likeness (QED) is 0.701. The van der Waals surface area contributed by atoms with Gasteiger partial charge in [0.15, 0.2) is 0 Å². The van der Waals surface area contributed by atoms with Gasteiger partial charge in [-0.3, -0.25) is 14.3 Å². The molecule has 0 rings (SSSR count). The summed E-state index contributed by atoms with van der Waals surface area (Å²) < 4.78 is 22.3. The Morgan fingerprint density at radius 3 is 1.64 bits per heavy atom. The molecule has 0 fully saturated rings. The standard InChI is InChI=1S/C4H9NO3S.C3H6O2/c1-3-4(6)5-9(2,7)8;1-2-3(4)5/h3H2,1-2H3,(H,5,6);2H2,1H3,(H,4,5). The van der Waals surface area contributed by atoms with E-state index in [1.165, 1.54) is 0 Å². The Morgan fingerprint density at radius 2 is 1.57 bits per heavy atom. The largest absolute Gasteiger partial charge is 0.481 e. The number of aliphatic carboxylic acids is 1. The van der Waals surface area contributed by atoms with Crippen molar-refractivity contribution < 1.29 is 23.1 Å². The molecule has 0 saturated carbocycles. The first-order valence-electron chi connectivity index (χ1n) is 3.95. The monoisotopic (exact) mass is 225 g/mol. The minimum Gasteiger partial charge on any atom is -0.481 e. The molecule has 6 nitrogen and oxygen atoms in total. The molecule has 2 N–H and O–H groups in total. The third kappa shape index (κ3) is 17.1. The minimum atomic E-state index is -3.33. The maximum Gasteiger partial charge on any atom is 0.303 e. The molecule has 0 aromatic carbocycles. The Hall–Kier alpha value is -1.11. The molecule has 14 heavy (non-hydrogen) atoms. The number of nitrogens with one attached hydrogen (secondary N) is 1. The second kappa shape index (κ2) is 7.31. The third-order valence-electron chi connectivity index (χ3n) is 0.923. The second-order valence-electron chi connectivity index (χ2n) is 2.40. The van der Waals surface area contributed by atoms with Gasteiger partial charge >= 0.3 is 5.97 Å². The van der Waals surface area contributed by atoms with Crippen LogP contribution in [0, 0.1) is 0 Å². The lowest BCUT2D eigenvalue weighted by Crippen LogP contribution is -2.28. The summed E-state index contributed by atoms with van der Waals surface area (Å²) >= 11 is 0. The summed E-state index contributed by atoms with van der Waals surface area (Å²) in [4.78, 5) is 19.7. The van der Waals surface area contributed by atoms with Gasteiger partial charge in [-0.15, -0.1) is 0 Å². The maximum atomic E-state index is 10.3. The topological polar surface area (TPSA) is 101 Å². The van der Waals surface area contributed by atoms with Crippen LogP contribution in [0.1, 0.15) is 26.7 Å². The number of carboxylic acid groups (broad SMARTS) is 1. The van der Waals surface area contributed by atoms with Crippen LogP contribution in [0.3, 0.4) is 0 Å². The summed E-state index contributed by atoms with van der Waals surface area (Å²) in [6, 6.07) is 0. The van der Waals surface area contributed by atoms with Gasteiger partial charge in [0.05, 0.1) is 6.26 Å². The molecular formula is C7H15NO5S. The number of carbonyl (C=O) groups excluding carboxylic acids is 1. The van der Waals surface area contributed by atoms with E-state index in [2.05, 4.69) is 0 Å². The van der Waals surface area contributed by atoms with E-state index in [0.717, 1.165) is 6.26 Å². The van der Waals surface area contributed by atoms with Gasteiger partial charge in [-0.2, -0.15) is 0 Å². The minimum absolute atomic E-state index is 0.188. The van der Waals surface area contributed by atoms with Crippen molar-refractivity contribution in [3.8, 4) is 0 Å². The first kappa shape index (κ1) is 15.4. The van der Waals surface area contributed by atoms with E-state index in [1.54, 1.807) is 18.6 Å². The molecule has 0 saturated heterocycles. The highest BCUT2D eigenvalue weighted by Crippen LogP contribution is 1.78. The molecule has 0 bridgehead atoms. The lowest BCUT2D eigenvalue weighted by atomic mass is 10.5. The van der Waals surface area contributed by atoms with Gasteiger partial charge in [-0.25, -0.2) is 8.42 Å². The summed E-state index contributed by atoms with van der Waals surface area (Å²) in [5.74, 6) is -1.22. The van der Waals surface area contributed by atoms with E-state index >= 15 is 0 Å². The van der Waals surface area contributed by atoms with Gasteiger partial charge in [0, 0.05) is 12.8 Å². The molecule has 0 aromatic heterocycles. The highest BCUT2D eigenvalue weighted by Gasteiger charge is 2.03. The van der Waals surface area contributed by atoms with Crippen LogP contribution in [0.2, 0.25) is 0 Å². The second-order valence-corrected chi connectivity index (χ2v) is 4.15. The van der Waals surface area contributed by atoms with E-state index in [9.17, 15) is 18.0 Å². The van der Waals surface area contributed by atoms with Crippen molar-refractivity contribution in [1.82, 2.24) is 4.72 Å². The fourth-order valence-corrected chi connectivity index (χ4v) is 0.837. The van der Waals surface area contributed by atoms with Crippen molar-refractivity contribution in [3.63, 3.8) is 0 Å². The van der Waals surface area contributed by atoms with E-state index in [1.807, 2.05) is 0 Å². The van der Waals surface area contributed by atoms with Gasteiger partial charge in [-0.05, 0) is 0 Å². The molecule has 7 heteroatoms. The average Bonchev–Trinajstić information content (AvgIpc) is 2.02. The summed E-state index contributed by atoms with van der Waals surface area (Å²) in [5, 5.41) is 7.72. The van der Waals surface area contributed by atoms with Gasteiger partial charge in [0.2, 0.25) is 15.9 Å².